The number of hydrogen-bond acceptors (Lipinski definition) is 6. The van der Waals surface area contributed by atoms with Crippen LogP contribution in [0.25, 0.3) is 10.8 Å². The summed E-state index contributed by atoms with van der Waals surface area (Å²) in [6.45, 7) is 5.99. The van der Waals surface area contributed by atoms with Gasteiger partial charge in [0.15, 0.2) is 5.13 Å². The van der Waals surface area contributed by atoms with Gasteiger partial charge in [-0.05, 0) is 27.0 Å². The largest absolute Gasteiger partial charge is 0.301 e. The lowest BCUT2D eigenvalue weighted by atomic mass is 10.0. The average molecular weight is 398 g/mol. The first kappa shape index (κ1) is 18.8. The number of aromatic nitrogens is 3. The SMILES string of the molecule is CCn1nc([C@H](C)C(=O)Nc2nc3c(s2)CN(C)CC3)c2ccccc2c1=O. The Morgan fingerprint density at radius 1 is 1.32 bits per heavy atom. The summed E-state index contributed by atoms with van der Waals surface area (Å²) in [5.41, 5.74) is 1.55. The maximum atomic E-state index is 12.9. The zero-order chi connectivity index (χ0) is 19.8. The van der Waals surface area contributed by atoms with Gasteiger partial charge in [-0.15, -0.1) is 11.3 Å². The van der Waals surface area contributed by atoms with Crippen LogP contribution in [0.4, 0.5) is 5.13 Å². The van der Waals surface area contributed by atoms with E-state index in [-0.39, 0.29) is 11.5 Å². The highest BCUT2D eigenvalue weighted by molar-refractivity contribution is 7.15. The molecule has 1 amide bonds. The van der Waals surface area contributed by atoms with Gasteiger partial charge in [-0.3, -0.25) is 9.59 Å². The van der Waals surface area contributed by atoms with Gasteiger partial charge in [-0.25, -0.2) is 9.67 Å². The number of carbonyl (C=O) groups is 1. The predicted molar refractivity (Wildman–Crippen MR) is 111 cm³/mol. The third kappa shape index (κ3) is 3.33. The summed E-state index contributed by atoms with van der Waals surface area (Å²) in [6.07, 6.45) is 0.904. The lowest BCUT2D eigenvalue weighted by Gasteiger charge is -2.20. The van der Waals surface area contributed by atoms with Crippen molar-refractivity contribution >= 4 is 33.1 Å². The summed E-state index contributed by atoms with van der Waals surface area (Å²) in [7, 11) is 2.09. The lowest BCUT2D eigenvalue weighted by molar-refractivity contribution is -0.117. The van der Waals surface area contributed by atoms with Crippen LogP contribution in [-0.2, 0) is 24.3 Å². The van der Waals surface area contributed by atoms with Crippen LogP contribution in [0.15, 0.2) is 29.1 Å². The zero-order valence-electron chi connectivity index (χ0n) is 16.2. The van der Waals surface area contributed by atoms with Gasteiger partial charge >= 0.3 is 0 Å². The second-order valence-corrected chi connectivity index (χ2v) is 8.22. The maximum absolute atomic E-state index is 12.9. The summed E-state index contributed by atoms with van der Waals surface area (Å²) < 4.78 is 1.42. The molecule has 8 heteroatoms. The fraction of sp³-hybridized carbons (Fsp3) is 0.400. The van der Waals surface area contributed by atoms with Gasteiger partial charge in [0, 0.05) is 36.3 Å². The Labute approximate surface area is 167 Å². The molecule has 7 nitrogen and oxygen atoms in total. The van der Waals surface area contributed by atoms with Crippen molar-refractivity contribution < 1.29 is 4.79 Å². The molecular weight excluding hydrogens is 374 g/mol. The monoisotopic (exact) mass is 397 g/mol. The molecule has 4 rings (SSSR count). The Morgan fingerprint density at radius 3 is 2.82 bits per heavy atom. The van der Waals surface area contributed by atoms with Crippen molar-refractivity contribution in [1.82, 2.24) is 19.7 Å². The van der Waals surface area contributed by atoms with Gasteiger partial charge in [-0.1, -0.05) is 18.2 Å². The van der Waals surface area contributed by atoms with E-state index in [0.717, 1.165) is 30.6 Å². The number of benzene rings is 1. The number of carbonyl (C=O) groups excluding carboxylic acids is 1. The number of nitrogens with one attached hydrogen (secondary N) is 1. The van der Waals surface area contributed by atoms with Gasteiger partial charge in [-0.2, -0.15) is 5.10 Å². The van der Waals surface area contributed by atoms with E-state index in [1.54, 1.807) is 6.07 Å². The summed E-state index contributed by atoms with van der Waals surface area (Å²) in [5.74, 6) is -0.676. The molecule has 3 aromatic rings. The third-order valence-corrected chi connectivity index (χ3v) is 6.15. The molecule has 0 spiro atoms. The quantitative estimate of drug-likeness (QED) is 0.732. The van der Waals surface area contributed by atoms with Gasteiger partial charge in [0.25, 0.3) is 5.56 Å². The van der Waals surface area contributed by atoms with Crippen molar-refractivity contribution in [2.75, 3.05) is 18.9 Å². The molecule has 0 radical (unpaired) electrons. The topological polar surface area (TPSA) is 80.1 Å². The van der Waals surface area contributed by atoms with Crippen LogP contribution in [0.5, 0.6) is 0 Å². The number of fused-ring (bicyclic) bond motifs is 2. The maximum Gasteiger partial charge on any atom is 0.274 e. The summed E-state index contributed by atoms with van der Waals surface area (Å²) >= 11 is 1.53. The molecule has 0 saturated heterocycles. The number of hydrogen-bond donors (Lipinski definition) is 1. The highest BCUT2D eigenvalue weighted by atomic mass is 32.1. The molecule has 1 aromatic carbocycles. The van der Waals surface area contributed by atoms with Crippen LogP contribution in [0, 0.1) is 0 Å². The van der Waals surface area contributed by atoms with Crippen LogP contribution in [0.3, 0.4) is 0 Å². The van der Waals surface area contributed by atoms with E-state index in [4.69, 9.17) is 0 Å². The fourth-order valence-corrected chi connectivity index (χ4v) is 4.60. The smallest absolute Gasteiger partial charge is 0.274 e. The normalized spacial score (nSPS) is 15.4. The van der Waals surface area contributed by atoms with Crippen LogP contribution < -0.4 is 10.9 Å². The first-order valence-corrected chi connectivity index (χ1v) is 10.3. The van der Waals surface area contributed by atoms with Crippen molar-refractivity contribution in [3.8, 4) is 0 Å². The van der Waals surface area contributed by atoms with Crippen molar-refractivity contribution in [3.05, 3.63) is 50.9 Å². The van der Waals surface area contributed by atoms with E-state index in [0.29, 0.717) is 22.8 Å². The van der Waals surface area contributed by atoms with E-state index in [2.05, 4.69) is 27.3 Å². The summed E-state index contributed by atoms with van der Waals surface area (Å²) in [5, 5.41) is 9.36. The number of rotatable bonds is 4. The van der Waals surface area contributed by atoms with Crippen molar-refractivity contribution in [2.45, 2.75) is 39.3 Å². The Kier molecular flexibility index (Phi) is 4.99. The predicted octanol–water partition coefficient (Wildman–Crippen LogP) is 2.60. The van der Waals surface area contributed by atoms with Gasteiger partial charge in [0.05, 0.1) is 22.7 Å². The van der Waals surface area contributed by atoms with Gasteiger partial charge in [0.1, 0.15) is 0 Å². The minimum absolute atomic E-state index is 0.133. The molecule has 146 valence electrons. The molecule has 28 heavy (non-hydrogen) atoms. The Morgan fingerprint density at radius 2 is 2.07 bits per heavy atom. The lowest BCUT2D eigenvalue weighted by Crippen LogP contribution is -2.27. The standard InChI is InChI=1S/C20H23N5O2S/c1-4-25-19(27)14-8-6-5-7-13(14)17(23-25)12(2)18(26)22-20-21-15-9-10-24(3)11-16(15)28-20/h5-8,12H,4,9-11H2,1-3H3,(H,21,22,26)/t12-/m0/s1. The first-order valence-electron chi connectivity index (χ1n) is 9.45. The minimum Gasteiger partial charge on any atom is -0.301 e. The van der Waals surface area contributed by atoms with Gasteiger partial charge in [0.2, 0.25) is 5.91 Å². The van der Waals surface area contributed by atoms with Crippen molar-refractivity contribution in [1.29, 1.82) is 0 Å². The molecule has 1 aliphatic heterocycles. The number of anilines is 1. The van der Waals surface area contributed by atoms with Crippen LogP contribution >= 0.6 is 11.3 Å². The van der Waals surface area contributed by atoms with E-state index in [9.17, 15) is 9.59 Å². The average Bonchev–Trinajstić information content (AvgIpc) is 3.09. The van der Waals surface area contributed by atoms with Gasteiger partial charge < -0.3 is 10.2 Å². The van der Waals surface area contributed by atoms with Crippen LogP contribution in [0.1, 0.15) is 36.0 Å². The number of likely N-dealkylation sites (N-methyl/N-ethyl adjacent to an activating group) is 1. The molecule has 0 bridgehead atoms. The van der Waals surface area contributed by atoms with E-state index in [1.165, 1.54) is 20.9 Å². The molecule has 2 aromatic heterocycles. The number of thiazole rings is 1. The molecule has 0 aliphatic carbocycles. The fourth-order valence-electron chi connectivity index (χ4n) is 3.51. The molecule has 1 aliphatic rings. The van der Waals surface area contributed by atoms with Crippen molar-refractivity contribution in [3.63, 3.8) is 0 Å². The molecular formula is C20H23N5O2S. The molecule has 0 fully saturated rings. The summed E-state index contributed by atoms with van der Waals surface area (Å²) in [6, 6.07) is 7.32. The Balaban J connectivity index is 1.64. The Bertz CT molecular complexity index is 1100. The molecule has 0 unspecified atom stereocenters. The minimum atomic E-state index is -0.507. The highest BCUT2D eigenvalue weighted by Crippen LogP contribution is 2.29. The molecule has 1 N–H and O–H groups in total. The number of amides is 1. The second-order valence-electron chi connectivity index (χ2n) is 7.14. The van der Waals surface area contributed by atoms with E-state index >= 15 is 0 Å². The summed E-state index contributed by atoms with van der Waals surface area (Å²) in [4.78, 5) is 33.5. The third-order valence-electron chi connectivity index (χ3n) is 5.15. The highest BCUT2D eigenvalue weighted by Gasteiger charge is 2.24. The number of nitrogens with zero attached hydrogens (tertiary/aromatic N) is 4. The number of aryl methyl sites for hydroxylation is 1. The van der Waals surface area contributed by atoms with E-state index in [1.807, 2.05) is 32.0 Å². The molecule has 0 saturated carbocycles. The zero-order valence-corrected chi connectivity index (χ0v) is 17.0. The molecule has 3 heterocycles. The second kappa shape index (κ2) is 7.44. The van der Waals surface area contributed by atoms with Crippen LogP contribution in [-0.4, -0.2) is 39.2 Å². The van der Waals surface area contributed by atoms with Crippen LogP contribution in [0.2, 0.25) is 0 Å². The first-order chi connectivity index (χ1) is 13.5. The molecule has 1 atom stereocenters. The van der Waals surface area contributed by atoms with E-state index < -0.39 is 5.92 Å². The Hall–Kier alpha value is -2.58. The van der Waals surface area contributed by atoms with Crippen molar-refractivity contribution in [2.24, 2.45) is 0 Å².